The SMILES string of the molecule is Cn1nccc1CCNCc1nccn1C(F)F. The summed E-state index contributed by atoms with van der Waals surface area (Å²) in [7, 11) is 1.87. The van der Waals surface area contributed by atoms with Gasteiger partial charge in [-0.05, 0) is 6.07 Å². The fourth-order valence-corrected chi connectivity index (χ4v) is 1.72. The molecule has 0 aliphatic rings. The second-order valence-electron chi connectivity index (χ2n) is 3.90. The summed E-state index contributed by atoms with van der Waals surface area (Å²) < 4.78 is 27.7. The maximum atomic E-state index is 12.5. The van der Waals surface area contributed by atoms with E-state index in [0.29, 0.717) is 18.9 Å². The highest BCUT2D eigenvalue weighted by molar-refractivity contribution is 5.00. The maximum absolute atomic E-state index is 12.5. The smallest absolute Gasteiger partial charge is 0.310 e. The topological polar surface area (TPSA) is 47.7 Å². The molecule has 0 atom stereocenters. The zero-order chi connectivity index (χ0) is 13.0. The normalized spacial score (nSPS) is 11.3. The lowest BCUT2D eigenvalue weighted by molar-refractivity contribution is 0.0666. The minimum absolute atomic E-state index is 0.329. The first-order valence-electron chi connectivity index (χ1n) is 5.66. The van der Waals surface area contributed by atoms with Crippen molar-refractivity contribution in [2.75, 3.05) is 6.54 Å². The van der Waals surface area contributed by atoms with Gasteiger partial charge in [0, 0.05) is 44.3 Å². The minimum Gasteiger partial charge on any atom is -0.310 e. The van der Waals surface area contributed by atoms with E-state index >= 15 is 0 Å². The van der Waals surface area contributed by atoms with Gasteiger partial charge in [0.25, 0.3) is 0 Å². The van der Waals surface area contributed by atoms with Crippen molar-refractivity contribution >= 4 is 0 Å². The number of halogens is 2. The van der Waals surface area contributed by atoms with Gasteiger partial charge in [0.2, 0.25) is 0 Å². The van der Waals surface area contributed by atoms with E-state index in [1.165, 1.54) is 12.4 Å². The summed E-state index contributed by atoms with van der Waals surface area (Å²) >= 11 is 0. The average Bonchev–Trinajstić information content (AvgIpc) is 2.94. The van der Waals surface area contributed by atoms with Crippen molar-refractivity contribution in [3.8, 4) is 0 Å². The summed E-state index contributed by atoms with van der Waals surface area (Å²) in [5.41, 5.74) is 1.10. The van der Waals surface area contributed by atoms with Crippen LogP contribution in [0.4, 0.5) is 8.78 Å². The molecule has 2 heterocycles. The molecule has 0 amide bonds. The summed E-state index contributed by atoms with van der Waals surface area (Å²) in [4.78, 5) is 3.89. The van der Waals surface area contributed by atoms with E-state index in [1.54, 1.807) is 10.9 Å². The van der Waals surface area contributed by atoms with Crippen molar-refractivity contribution < 1.29 is 8.78 Å². The Morgan fingerprint density at radius 3 is 2.89 bits per heavy atom. The Bertz CT molecular complexity index is 491. The number of hydrogen-bond acceptors (Lipinski definition) is 3. The van der Waals surface area contributed by atoms with Gasteiger partial charge in [-0.25, -0.2) is 4.98 Å². The first kappa shape index (κ1) is 12.7. The van der Waals surface area contributed by atoms with Crippen LogP contribution in [0.5, 0.6) is 0 Å². The monoisotopic (exact) mass is 255 g/mol. The van der Waals surface area contributed by atoms with Gasteiger partial charge in [0.05, 0.1) is 6.54 Å². The Morgan fingerprint density at radius 1 is 1.39 bits per heavy atom. The van der Waals surface area contributed by atoms with Crippen molar-refractivity contribution in [2.45, 2.75) is 19.5 Å². The minimum atomic E-state index is -2.54. The van der Waals surface area contributed by atoms with Gasteiger partial charge in [0.15, 0.2) is 0 Å². The fraction of sp³-hybridized carbons (Fsp3) is 0.455. The molecule has 0 radical (unpaired) electrons. The molecule has 7 heteroatoms. The molecule has 0 saturated heterocycles. The van der Waals surface area contributed by atoms with Gasteiger partial charge in [0.1, 0.15) is 5.82 Å². The second kappa shape index (κ2) is 5.72. The van der Waals surface area contributed by atoms with Crippen LogP contribution in [0, 0.1) is 0 Å². The Hall–Kier alpha value is -1.76. The average molecular weight is 255 g/mol. The summed E-state index contributed by atoms with van der Waals surface area (Å²) in [5.74, 6) is 0.343. The van der Waals surface area contributed by atoms with E-state index in [9.17, 15) is 8.78 Å². The molecule has 2 aromatic rings. The molecule has 0 unspecified atom stereocenters. The number of hydrogen-bond donors (Lipinski definition) is 1. The molecule has 0 fully saturated rings. The first-order chi connectivity index (χ1) is 8.68. The van der Waals surface area contributed by atoms with Crippen molar-refractivity contribution in [2.24, 2.45) is 7.05 Å². The molecule has 98 valence electrons. The number of aryl methyl sites for hydroxylation is 1. The zero-order valence-electron chi connectivity index (χ0n) is 10.1. The molecule has 0 aliphatic heterocycles. The van der Waals surface area contributed by atoms with E-state index in [-0.39, 0.29) is 0 Å². The molecule has 0 saturated carbocycles. The zero-order valence-corrected chi connectivity index (χ0v) is 10.1. The lowest BCUT2D eigenvalue weighted by Gasteiger charge is -2.07. The third-order valence-corrected chi connectivity index (χ3v) is 2.72. The van der Waals surface area contributed by atoms with Crippen LogP contribution in [0.3, 0.4) is 0 Å². The lowest BCUT2D eigenvalue weighted by atomic mass is 10.3. The van der Waals surface area contributed by atoms with Crippen LogP contribution in [0.25, 0.3) is 0 Å². The molecule has 18 heavy (non-hydrogen) atoms. The Labute approximate surface area is 103 Å². The summed E-state index contributed by atoms with van der Waals surface area (Å²) in [6, 6.07) is 1.93. The van der Waals surface area contributed by atoms with Gasteiger partial charge in [-0.2, -0.15) is 13.9 Å². The maximum Gasteiger partial charge on any atom is 0.319 e. The first-order valence-corrected chi connectivity index (χ1v) is 5.66. The molecule has 0 aromatic carbocycles. The van der Waals surface area contributed by atoms with Gasteiger partial charge in [-0.1, -0.05) is 0 Å². The van der Waals surface area contributed by atoms with Gasteiger partial charge < -0.3 is 5.32 Å². The molecule has 1 N–H and O–H groups in total. The number of nitrogens with zero attached hydrogens (tertiary/aromatic N) is 4. The number of imidazole rings is 1. The van der Waals surface area contributed by atoms with Crippen molar-refractivity contribution in [1.29, 1.82) is 0 Å². The quantitative estimate of drug-likeness (QED) is 0.792. The molecular weight excluding hydrogens is 240 g/mol. The fourth-order valence-electron chi connectivity index (χ4n) is 1.72. The summed E-state index contributed by atoms with van der Waals surface area (Å²) in [6.45, 7) is -1.52. The summed E-state index contributed by atoms with van der Waals surface area (Å²) in [6.07, 6.45) is 5.19. The van der Waals surface area contributed by atoms with Crippen LogP contribution in [0.15, 0.2) is 24.7 Å². The Morgan fingerprint density at radius 2 is 2.22 bits per heavy atom. The highest BCUT2D eigenvalue weighted by Gasteiger charge is 2.10. The van der Waals surface area contributed by atoms with E-state index in [4.69, 9.17) is 0 Å². The van der Waals surface area contributed by atoms with Crippen LogP contribution in [-0.2, 0) is 20.0 Å². The van der Waals surface area contributed by atoms with Crippen LogP contribution >= 0.6 is 0 Å². The lowest BCUT2D eigenvalue weighted by Crippen LogP contribution is -2.20. The number of rotatable bonds is 6. The standard InChI is InChI=1S/C11H15F2N5/c1-17-9(3-5-16-17)2-4-14-8-10-15-6-7-18(10)11(12)13/h3,5-7,11,14H,2,4,8H2,1H3. The van der Waals surface area contributed by atoms with Gasteiger partial charge in [-0.15, -0.1) is 0 Å². The Balaban J connectivity index is 1.79. The highest BCUT2D eigenvalue weighted by atomic mass is 19.3. The van der Waals surface area contributed by atoms with Gasteiger partial charge >= 0.3 is 6.55 Å². The molecule has 5 nitrogen and oxygen atoms in total. The summed E-state index contributed by atoms with van der Waals surface area (Å²) in [5, 5.41) is 7.15. The van der Waals surface area contributed by atoms with E-state index in [2.05, 4.69) is 15.4 Å². The largest absolute Gasteiger partial charge is 0.319 e. The Kier molecular flexibility index (Phi) is 4.03. The molecular formula is C11H15F2N5. The molecule has 0 spiro atoms. The van der Waals surface area contributed by atoms with E-state index < -0.39 is 6.55 Å². The predicted molar refractivity (Wildman–Crippen MR) is 62.1 cm³/mol. The van der Waals surface area contributed by atoms with Crippen molar-refractivity contribution in [3.05, 3.63) is 36.2 Å². The molecule has 0 bridgehead atoms. The molecule has 2 aromatic heterocycles. The van der Waals surface area contributed by atoms with Crippen molar-refractivity contribution in [1.82, 2.24) is 24.6 Å². The predicted octanol–water partition coefficient (Wildman–Crippen LogP) is 1.34. The van der Waals surface area contributed by atoms with Crippen LogP contribution in [-0.4, -0.2) is 25.9 Å². The van der Waals surface area contributed by atoms with Crippen molar-refractivity contribution in [3.63, 3.8) is 0 Å². The number of nitrogens with one attached hydrogen (secondary N) is 1. The second-order valence-corrected chi connectivity index (χ2v) is 3.90. The van der Waals surface area contributed by atoms with Crippen LogP contribution in [0.2, 0.25) is 0 Å². The highest BCUT2D eigenvalue weighted by Crippen LogP contribution is 2.11. The molecule has 2 rings (SSSR count). The van der Waals surface area contributed by atoms with Gasteiger partial charge in [-0.3, -0.25) is 9.25 Å². The third kappa shape index (κ3) is 2.92. The van der Waals surface area contributed by atoms with Crippen LogP contribution < -0.4 is 5.32 Å². The number of alkyl halides is 2. The van der Waals surface area contributed by atoms with Crippen LogP contribution in [0.1, 0.15) is 18.1 Å². The van der Waals surface area contributed by atoms with E-state index in [1.807, 2.05) is 13.1 Å². The molecule has 0 aliphatic carbocycles. The number of aromatic nitrogens is 4. The third-order valence-electron chi connectivity index (χ3n) is 2.72. The van der Waals surface area contributed by atoms with E-state index in [0.717, 1.165) is 16.7 Å².